The number of hydrogen-bond donors (Lipinski definition) is 0. The molecule has 4 rings (SSSR count). The van der Waals surface area contributed by atoms with Crippen LogP contribution in [0.5, 0.6) is 0 Å². The molecule has 1 aromatic heterocycles. The maximum absolute atomic E-state index is 13.1. The van der Waals surface area contributed by atoms with Crippen LogP contribution < -0.4 is 0 Å². The Morgan fingerprint density at radius 2 is 1.76 bits per heavy atom. The van der Waals surface area contributed by atoms with Gasteiger partial charge in [-0.3, -0.25) is 9.78 Å². The second-order valence-corrected chi connectivity index (χ2v) is 7.45. The fraction of sp³-hybridized carbons (Fsp3) is 0.524. The number of para-hydroxylation sites is 1. The minimum Gasteiger partial charge on any atom is -0.339 e. The molecule has 25 heavy (non-hydrogen) atoms. The predicted molar refractivity (Wildman–Crippen MR) is 101 cm³/mol. The van der Waals surface area contributed by atoms with Gasteiger partial charge in [0.15, 0.2) is 0 Å². The first-order chi connectivity index (χ1) is 12.2. The fourth-order valence-corrected chi connectivity index (χ4v) is 4.37. The van der Waals surface area contributed by atoms with E-state index in [2.05, 4.69) is 9.88 Å². The average Bonchev–Trinajstić information content (AvgIpc) is 2.67. The summed E-state index contributed by atoms with van der Waals surface area (Å²) in [7, 11) is 0. The molecule has 2 aliphatic heterocycles. The highest BCUT2D eigenvalue weighted by Crippen LogP contribution is 2.24. The summed E-state index contributed by atoms with van der Waals surface area (Å²) in [5, 5.41) is 0.969. The van der Waals surface area contributed by atoms with Crippen molar-refractivity contribution in [1.82, 2.24) is 14.8 Å². The van der Waals surface area contributed by atoms with Gasteiger partial charge in [-0.15, -0.1) is 0 Å². The lowest BCUT2D eigenvalue weighted by molar-refractivity contribution is 0.0591. The number of aromatic nitrogens is 1. The number of aryl methyl sites for hydroxylation is 1. The van der Waals surface area contributed by atoms with Crippen LogP contribution in [0.4, 0.5) is 0 Å². The molecule has 2 aromatic rings. The van der Waals surface area contributed by atoms with E-state index >= 15 is 0 Å². The van der Waals surface area contributed by atoms with Crippen LogP contribution in [0.25, 0.3) is 10.9 Å². The zero-order valence-electron chi connectivity index (χ0n) is 15.1. The lowest BCUT2D eigenvalue weighted by atomic mass is 9.98. The van der Waals surface area contributed by atoms with E-state index in [9.17, 15) is 4.79 Å². The maximum Gasteiger partial charge on any atom is 0.254 e. The van der Waals surface area contributed by atoms with E-state index in [-0.39, 0.29) is 5.91 Å². The van der Waals surface area contributed by atoms with Crippen molar-refractivity contribution in [2.24, 2.45) is 0 Å². The molecule has 0 aliphatic carbocycles. The number of carbonyl (C=O) groups is 1. The topological polar surface area (TPSA) is 36.4 Å². The number of carbonyl (C=O) groups excluding carboxylic acids is 1. The minimum absolute atomic E-state index is 0.166. The van der Waals surface area contributed by atoms with Crippen molar-refractivity contribution < 1.29 is 4.79 Å². The van der Waals surface area contributed by atoms with Crippen LogP contribution in [0.15, 0.2) is 30.3 Å². The molecule has 4 heteroatoms. The van der Waals surface area contributed by atoms with Gasteiger partial charge < -0.3 is 9.80 Å². The maximum atomic E-state index is 13.1. The Labute approximate surface area is 149 Å². The molecule has 0 atom stereocenters. The zero-order valence-corrected chi connectivity index (χ0v) is 15.1. The molecule has 0 radical (unpaired) electrons. The molecule has 1 aromatic carbocycles. The van der Waals surface area contributed by atoms with Crippen LogP contribution in [0.1, 0.15) is 48.2 Å². The van der Waals surface area contributed by atoms with Crippen molar-refractivity contribution in [1.29, 1.82) is 0 Å². The third-order valence-electron chi connectivity index (χ3n) is 5.73. The van der Waals surface area contributed by atoms with Gasteiger partial charge >= 0.3 is 0 Å². The monoisotopic (exact) mass is 337 g/mol. The van der Waals surface area contributed by atoms with Crippen LogP contribution in [0.3, 0.4) is 0 Å². The first-order valence-corrected chi connectivity index (χ1v) is 9.62. The molecule has 1 amide bonds. The third-order valence-corrected chi connectivity index (χ3v) is 5.73. The first-order valence-electron chi connectivity index (χ1n) is 9.62. The highest BCUT2D eigenvalue weighted by atomic mass is 16.2. The molecule has 0 unspecified atom stereocenters. The number of benzene rings is 1. The quantitative estimate of drug-likeness (QED) is 0.839. The van der Waals surface area contributed by atoms with Gasteiger partial charge in [-0.05, 0) is 57.8 Å². The Hall–Kier alpha value is -1.94. The summed E-state index contributed by atoms with van der Waals surface area (Å²) >= 11 is 0. The Balaban J connectivity index is 1.49. The Morgan fingerprint density at radius 1 is 1.04 bits per heavy atom. The molecule has 0 spiro atoms. The number of pyridine rings is 1. The van der Waals surface area contributed by atoms with Crippen LogP contribution in [0.2, 0.25) is 0 Å². The number of piperidine rings is 2. The summed E-state index contributed by atoms with van der Waals surface area (Å²) in [6.45, 7) is 6.19. The number of fused-ring (bicyclic) bond motifs is 1. The zero-order chi connectivity index (χ0) is 17.2. The van der Waals surface area contributed by atoms with E-state index in [1.807, 2.05) is 42.2 Å². The molecule has 2 aliphatic rings. The molecule has 2 fully saturated rings. The molecule has 0 bridgehead atoms. The van der Waals surface area contributed by atoms with Gasteiger partial charge in [0.25, 0.3) is 5.91 Å². The normalized spacial score (nSPS) is 20.1. The molecular weight excluding hydrogens is 310 g/mol. The summed E-state index contributed by atoms with van der Waals surface area (Å²) in [4.78, 5) is 22.4. The van der Waals surface area contributed by atoms with Gasteiger partial charge in [0.05, 0.1) is 11.1 Å². The Kier molecular flexibility index (Phi) is 4.71. The van der Waals surface area contributed by atoms with Crippen molar-refractivity contribution >= 4 is 16.8 Å². The molecule has 2 saturated heterocycles. The molecule has 4 nitrogen and oxygen atoms in total. The van der Waals surface area contributed by atoms with E-state index in [1.165, 1.54) is 32.4 Å². The summed E-state index contributed by atoms with van der Waals surface area (Å²) < 4.78 is 0. The number of rotatable bonds is 2. The van der Waals surface area contributed by atoms with Gasteiger partial charge in [-0.1, -0.05) is 24.6 Å². The number of likely N-dealkylation sites (tertiary alicyclic amines) is 2. The van der Waals surface area contributed by atoms with Crippen molar-refractivity contribution in [2.45, 2.75) is 45.1 Å². The van der Waals surface area contributed by atoms with E-state index in [4.69, 9.17) is 0 Å². The predicted octanol–water partition coefficient (Wildman–Crippen LogP) is 3.63. The molecule has 0 N–H and O–H groups in total. The molecule has 132 valence electrons. The third kappa shape index (κ3) is 3.40. The van der Waals surface area contributed by atoms with Gasteiger partial charge in [-0.25, -0.2) is 0 Å². The average molecular weight is 337 g/mol. The van der Waals surface area contributed by atoms with Gasteiger partial charge in [0.2, 0.25) is 0 Å². The van der Waals surface area contributed by atoms with E-state index in [0.717, 1.165) is 48.1 Å². The Morgan fingerprint density at radius 3 is 2.52 bits per heavy atom. The van der Waals surface area contributed by atoms with E-state index in [1.54, 1.807) is 0 Å². The highest BCUT2D eigenvalue weighted by molar-refractivity contribution is 6.06. The van der Waals surface area contributed by atoms with Crippen molar-refractivity contribution in [3.63, 3.8) is 0 Å². The smallest absolute Gasteiger partial charge is 0.254 e. The summed E-state index contributed by atoms with van der Waals surface area (Å²) in [6, 6.07) is 10.6. The lowest BCUT2D eigenvalue weighted by Gasteiger charge is -2.40. The van der Waals surface area contributed by atoms with Crippen LogP contribution >= 0.6 is 0 Å². The highest BCUT2D eigenvalue weighted by Gasteiger charge is 2.28. The van der Waals surface area contributed by atoms with E-state index in [0.29, 0.717) is 6.04 Å². The number of nitrogens with zero attached hydrogens (tertiary/aromatic N) is 3. The minimum atomic E-state index is 0.166. The second kappa shape index (κ2) is 7.12. The van der Waals surface area contributed by atoms with Crippen LogP contribution in [-0.4, -0.2) is 52.9 Å². The van der Waals surface area contributed by atoms with Crippen molar-refractivity contribution in [2.75, 3.05) is 26.2 Å². The second-order valence-electron chi connectivity index (χ2n) is 7.45. The fourth-order valence-electron chi connectivity index (χ4n) is 4.37. The van der Waals surface area contributed by atoms with Crippen LogP contribution in [0, 0.1) is 6.92 Å². The Bertz CT molecular complexity index is 759. The SMILES string of the molecule is Cc1cc(C(=O)N2CCC(N3CCCCC3)CC2)c2ccccc2n1. The van der Waals surface area contributed by atoms with Crippen molar-refractivity contribution in [3.8, 4) is 0 Å². The molecular formula is C21H27N3O. The lowest BCUT2D eigenvalue weighted by Crippen LogP contribution is -2.48. The van der Waals surface area contributed by atoms with Gasteiger partial charge in [-0.2, -0.15) is 0 Å². The summed E-state index contributed by atoms with van der Waals surface area (Å²) in [6.07, 6.45) is 6.26. The summed E-state index contributed by atoms with van der Waals surface area (Å²) in [5.41, 5.74) is 2.62. The molecule has 0 saturated carbocycles. The van der Waals surface area contributed by atoms with Gasteiger partial charge in [0.1, 0.15) is 0 Å². The van der Waals surface area contributed by atoms with E-state index < -0.39 is 0 Å². The largest absolute Gasteiger partial charge is 0.339 e. The van der Waals surface area contributed by atoms with Crippen LogP contribution in [-0.2, 0) is 0 Å². The standard InChI is InChI=1S/C21H27N3O/c1-16-15-19(18-7-3-4-8-20(18)22-16)21(25)24-13-9-17(10-14-24)23-11-5-2-6-12-23/h3-4,7-8,15,17H,2,5-6,9-14H2,1H3. The van der Waals surface area contributed by atoms with Crippen molar-refractivity contribution in [3.05, 3.63) is 41.6 Å². The number of amides is 1. The summed E-state index contributed by atoms with van der Waals surface area (Å²) in [5.74, 6) is 0.166. The number of hydrogen-bond acceptors (Lipinski definition) is 3. The first kappa shape index (κ1) is 16.5. The molecule has 3 heterocycles. The van der Waals surface area contributed by atoms with Gasteiger partial charge in [0, 0.05) is 30.2 Å².